The number of methoxy groups -OCH3 is 1. The molecular formula is C34H27NO3S. The highest BCUT2D eigenvalue weighted by molar-refractivity contribution is 7.99. The van der Waals surface area contributed by atoms with Crippen molar-refractivity contribution in [3.05, 3.63) is 119 Å². The lowest BCUT2D eigenvalue weighted by Crippen LogP contribution is -2.12. The van der Waals surface area contributed by atoms with Gasteiger partial charge in [0.05, 0.1) is 12.8 Å². The van der Waals surface area contributed by atoms with Crippen LogP contribution in [0.15, 0.2) is 96.0 Å². The minimum atomic E-state index is -0.412. The number of pyridine rings is 1. The predicted molar refractivity (Wildman–Crippen MR) is 158 cm³/mol. The average molecular weight is 530 g/mol. The zero-order valence-electron chi connectivity index (χ0n) is 21.8. The topological polar surface area (TPSA) is 48.4 Å². The normalized spacial score (nSPS) is 10.2. The minimum Gasteiger partial charge on any atom is -0.482 e. The van der Waals surface area contributed by atoms with Gasteiger partial charge >= 0.3 is 5.97 Å². The third kappa shape index (κ3) is 7.20. The molecule has 192 valence electrons. The predicted octanol–water partition coefficient (Wildman–Crippen LogP) is 6.80. The minimum absolute atomic E-state index is 0.112. The van der Waals surface area contributed by atoms with Gasteiger partial charge in [0.15, 0.2) is 6.61 Å². The molecular weight excluding hydrogens is 502 g/mol. The van der Waals surface area contributed by atoms with Gasteiger partial charge in [-0.1, -0.05) is 54.3 Å². The molecule has 0 N–H and O–H groups in total. The van der Waals surface area contributed by atoms with E-state index in [0.29, 0.717) is 5.75 Å². The van der Waals surface area contributed by atoms with E-state index in [1.807, 2.05) is 85.9 Å². The second kappa shape index (κ2) is 13.2. The van der Waals surface area contributed by atoms with Gasteiger partial charge in [-0.05, 0) is 71.7 Å². The number of thioether (sulfide) groups is 1. The summed E-state index contributed by atoms with van der Waals surface area (Å²) in [4.78, 5) is 16.4. The molecule has 0 amide bonds. The Morgan fingerprint density at radius 2 is 1.62 bits per heavy atom. The number of fused-ring (bicyclic) bond motifs is 1. The number of aromatic nitrogens is 1. The SMILES string of the molecule is C#Cc1ccccc1C(=CCSc1ccc(OCC(=O)OC)c(C)c1)c1ccccc1C#C.c1cc2cc-2n1. The number of hydrogen-bond acceptors (Lipinski definition) is 5. The van der Waals surface area contributed by atoms with Crippen LogP contribution in [-0.4, -0.2) is 30.4 Å². The number of hydrogen-bond donors (Lipinski definition) is 0. The van der Waals surface area contributed by atoms with E-state index in [1.165, 1.54) is 18.4 Å². The molecule has 0 radical (unpaired) electrons. The molecule has 0 bridgehead atoms. The summed E-state index contributed by atoms with van der Waals surface area (Å²) in [5.74, 6) is 6.53. The summed E-state index contributed by atoms with van der Waals surface area (Å²) in [6.07, 6.45) is 15.5. The fourth-order valence-electron chi connectivity index (χ4n) is 3.90. The number of carbonyl (C=O) groups excluding carboxylic acids is 1. The van der Waals surface area contributed by atoms with Gasteiger partial charge in [-0.3, -0.25) is 4.98 Å². The maximum atomic E-state index is 11.3. The van der Waals surface area contributed by atoms with Crippen LogP contribution in [0.2, 0.25) is 0 Å². The highest BCUT2D eigenvalue weighted by Gasteiger charge is 2.12. The van der Waals surface area contributed by atoms with Gasteiger partial charge in [0.25, 0.3) is 0 Å². The Kier molecular flexibility index (Phi) is 9.25. The largest absolute Gasteiger partial charge is 0.482 e. The first-order valence-electron chi connectivity index (χ1n) is 12.3. The van der Waals surface area contributed by atoms with Crippen LogP contribution >= 0.6 is 11.8 Å². The van der Waals surface area contributed by atoms with E-state index in [9.17, 15) is 4.79 Å². The standard InChI is InChI=1S/C29H24O3S.C5H3N/c1-5-22-11-7-9-13-25(22)27(26-14-10-8-12-23(26)6-2)17-18-33-24-15-16-28(21(3)19-24)32-20-29(30)31-4;1-2-6-5-3-4(1)5/h1-2,7-17,19H,18,20H2,3-4H3;1-3H. The molecule has 39 heavy (non-hydrogen) atoms. The summed E-state index contributed by atoms with van der Waals surface area (Å²) >= 11 is 1.69. The molecule has 0 saturated carbocycles. The number of benzene rings is 3. The van der Waals surface area contributed by atoms with E-state index >= 15 is 0 Å². The fourth-order valence-corrected chi connectivity index (χ4v) is 4.76. The summed E-state index contributed by atoms with van der Waals surface area (Å²) in [6, 6.07) is 25.7. The average Bonchev–Trinajstić information content (AvgIpc) is 3.58. The number of ether oxygens (including phenoxy) is 2. The molecule has 5 heteroatoms. The molecule has 4 nitrogen and oxygen atoms in total. The maximum Gasteiger partial charge on any atom is 0.343 e. The first-order valence-corrected chi connectivity index (χ1v) is 13.2. The highest BCUT2D eigenvalue weighted by Crippen LogP contribution is 2.31. The Morgan fingerprint density at radius 3 is 2.10 bits per heavy atom. The second-order valence-corrected chi connectivity index (χ2v) is 9.62. The van der Waals surface area contributed by atoms with Crippen molar-refractivity contribution < 1.29 is 14.3 Å². The number of esters is 1. The number of nitrogens with zero attached hydrogens (tertiary/aromatic N) is 1. The number of terminal acetylenes is 2. The summed E-state index contributed by atoms with van der Waals surface area (Å²) < 4.78 is 10.1. The van der Waals surface area contributed by atoms with Crippen LogP contribution in [0.25, 0.3) is 16.8 Å². The summed E-state index contributed by atoms with van der Waals surface area (Å²) in [5, 5.41) is 0. The van der Waals surface area contributed by atoms with Gasteiger partial charge in [0, 0.05) is 33.5 Å². The molecule has 0 saturated heterocycles. The van der Waals surface area contributed by atoms with Gasteiger partial charge in [-0.15, -0.1) is 24.6 Å². The molecule has 0 fully saturated rings. The molecule has 0 spiro atoms. The van der Waals surface area contributed by atoms with Crippen LogP contribution in [0.1, 0.15) is 27.8 Å². The molecule has 1 heterocycles. The zero-order valence-corrected chi connectivity index (χ0v) is 22.6. The van der Waals surface area contributed by atoms with Crippen LogP contribution in [0, 0.1) is 31.6 Å². The van der Waals surface area contributed by atoms with E-state index in [4.69, 9.17) is 17.6 Å². The summed E-state index contributed by atoms with van der Waals surface area (Å²) in [5.41, 5.74) is 8.05. The molecule has 3 aromatic rings. The smallest absolute Gasteiger partial charge is 0.343 e. The lowest BCUT2D eigenvalue weighted by Gasteiger charge is -2.13. The zero-order chi connectivity index (χ0) is 27.6. The molecule has 3 aromatic carbocycles. The third-order valence-corrected chi connectivity index (χ3v) is 6.90. The van der Waals surface area contributed by atoms with E-state index in [-0.39, 0.29) is 6.61 Å². The Hall–Kier alpha value is -4.71. The van der Waals surface area contributed by atoms with Crippen molar-refractivity contribution in [2.45, 2.75) is 11.8 Å². The van der Waals surface area contributed by atoms with E-state index in [0.717, 1.165) is 44.0 Å². The molecule has 0 unspecified atom stereocenters. The van der Waals surface area contributed by atoms with Gasteiger partial charge in [-0.25, -0.2) is 4.79 Å². The molecule has 0 atom stereocenters. The van der Waals surface area contributed by atoms with Crippen molar-refractivity contribution in [2.75, 3.05) is 19.5 Å². The third-order valence-electron chi connectivity index (χ3n) is 5.97. The Bertz CT molecular complexity index is 1530. The molecule has 1 aliphatic heterocycles. The van der Waals surface area contributed by atoms with Crippen LogP contribution in [-0.2, 0) is 9.53 Å². The summed E-state index contributed by atoms with van der Waals surface area (Å²) in [7, 11) is 1.34. The quantitative estimate of drug-likeness (QED) is 0.126. The molecule has 2 aliphatic rings. The fraction of sp³-hybridized carbons (Fsp3) is 0.118. The van der Waals surface area contributed by atoms with Gasteiger partial charge < -0.3 is 9.47 Å². The molecule has 5 rings (SSSR count). The number of rotatable bonds is 8. The first kappa shape index (κ1) is 27.3. The first-order chi connectivity index (χ1) is 19.0. The Labute approximate surface area is 234 Å². The lowest BCUT2D eigenvalue weighted by molar-refractivity contribution is -0.142. The van der Waals surface area contributed by atoms with Gasteiger partial charge in [0.2, 0.25) is 0 Å². The van der Waals surface area contributed by atoms with Gasteiger partial charge in [0.1, 0.15) is 5.75 Å². The lowest BCUT2D eigenvalue weighted by atomic mass is 9.91. The number of aryl methyl sites for hydroxylation is 1. The van der Waals surface area contributed by atoms with Crippen molar-refractivity contribution in [3.63, 3.8) is 0 Å². The monoisotopic (exact) mass is 529 g/mol. The van der Waals surface area contributed by atoms with Crippen LogP contribution < -0.4 is 4.74 Å². The van der Waals surface area contributed by atoms with Crippen molar-refractivity contribution in [1.82, 2.24) is 4.98 Å². The van der Waals surface area contributed by atoms with Crippen molar-refractivity contribution in [1.29, 1.82) is 0 Å². The van der Waals surface area contributed by atoms with Crippen molar-refractivity contribution >= 4 is 23.3 Å². The summed E-state index contributed by atoms with van der Waals surface area (Å²) in [6.45, 7) is 1.84. The molecule has 0 aromatic heterocycles. The van der Waals surface area contributed by atoms with E-state index < -0.39 is 5.97 Å². The Balaban J connectivity index is 0.000000508. The van der Waals surface area contributed by atoms with Crippen LogP contribution in [0.4, 0.5) is 0 Å². The Morgan fingerprint density at radius 1 is 0.949 bits per heavy atom. The van der Waals surface area contributed by atoms with E-state index in [1.54, 1.807) is 11.8 Å². The van der Waals surface area contributed by atoms with Crippen LogP contribution in [0.3, 0.4) is 0 Å². The number of carbonyl (C=O) groups is 1. The van der Waals surface area contributed by atoms with Gasteiger partial charge in [-0.2, -0.15) is 0 Å². The van der Waals surface area contributed by atoms with Crippen molar-refractivity contribution in [3.8, 4) is 41.7 Å². The highest BCUT2D eigenvalue weighted by atomic mass is 32.2. The molecule has 1 aliphatic carbocycles. The van der Waals surface area contributed by atoms with E-state index in [2.05, 4.69) is 33.7 Å². The van der Waals surface area contributed by atoms with Crippen LogP contribution in [0.5, 0.6) is 5.75 Å². The maximum absolute atomic E-state index is 11.3. The second-order valence-electron chi connectivity index (χ2n) is 8.53. The van der Waals surface area contributed by atoms with Crippen molar-refractivity contribution in [2.24, 2.45) is 0 Å².